The van der Waals surface area contributed by atoms with Gasteiger partial charge in [-0.25, -0.2) is 9.97 Å². The smallest absolute Gasteiger partial charge is 0.274 e. The lowest BCUT2D eigenvalue weighted by Crippen LogP contribution is -2.29. The molecule has 3 aromatic heterocycles. The van der Waals surface area contributed by atoms with E-state index in [0.29, 0.717) is 11.6 Å². The van der Waals surface area contributed by atoms with E-state index in [2.05, 4.69) is 10.7 Å². The molecule has 0 saturated carbocycles. The Bertz CT molecular complexity index is 1280. The Morgan fingerprint density at radius 3 is 2.52 bits per heavy atom. The van der Waals surface area contributed by atoms with Crippen LogP contribution in [-0.4, -0.2) is 28.8 Å². The predicted molar refractivity (Wildman–Crippen MR) is 116 cm³/mol. The number of likely N-dealkylation sites (N-methyl/N-ethyl adjacent to an activating group) is 1. The first-order valence-corrected chi connectivity index (χ1v) is 10.6. The second-order valence-electron chi connectivity index (χ2n) is 6.45. The van der Waals surface area contributed by atoms with Crippen LogP contribution in [0.1, 0.15) is 0 Å². The SMILES string of the molecule is CN(C1=CC(=O)NC1=O)c1nc(-c2ccccc2)nc2scc(-c3cccs3)c12. The molecular weight excluding hydrogens is 404 g/mol. The Morgan fingerprint density at radius 2 is 1.83 bits per heavy atom. The number of amides is 2. The minimum absolute atomic E-state index is 0.261. The molecule has 1 aliphatic heterocycles. The number of benzene rings is 1. The van der Waals surface area contributed by atoms with E-state index in [4.69, 9.17) is 9.97 Å². The summed E-state index contributed by atoms with van der Waals surface area (Å²) in [6.07, 6.45) is 1.30. The van der Waals surface area contributed by atoms with Crippen LogP contribution in [-0.2, 0) is 9.59 Å². The van der Waals surface area contributed by atoms with E-state index in [0.717, 1.165) is 26.2 Å². The molecule has 1 N–H and O–H groups in total. The number of rotatable bonds is 4. The maximum absolute atomic E-state index is 12.3. The van der Waals surface area contributed by atoms with Gasteiger partial charge >= 0.3 is 0 Å². The number of nitrogens with zero attached hydrogens (tertiary/aromatic N) is 3. The number of carbonyl (C=O) groups excluding carboxylic acids is 2. The van der Waals surface area contributed by atoms with Gasteiger partial charge in [-0.05, 0) is 11.4 Å². The summed E-state index contributed by atoms with van der Waals surface area (Å²) < 4.78 is 0. The van der Waals surface area contributed by atoms with Crippen molar-refractivity contribution in [1.82, 2.24) is 15.3 Å². The van der Waals surface area contributed by atoms with E-state index < -0.39 is 11.8 Å². The fraction of sp³-hybridized carbons (Fsp3) is 0.0476. The molecule has 0 atom stereocenters. The lowest BCUT2D eigenvalue weighted by atomic mass is 10.1. The van der Waals surface area contributed by atoms with E-state index in [1.54, 1.807) is 23.3 Å². The van der Waals surface area contributed by atoms with Crippen molar-refractivity contribution in [2.45, 2.75) is 0 Å². The van der Waals surface area contributed by atoms with Gasteiger partial charge in [0, 0.05) is 34.5 Å². The van der Waals surface area contributed by atoms with Gasteiger partial charge < -0.3 is 4.90 Å². The van der Waals surface area contributed by atoms with Crippen molar-refractivity contribution in [3.8, 4) is 21.8 Å². The quantitative estimate of drug-likeness (QED) is 0.506. The van der Waals surface area contributed by atoms with E-state index in [1.165, 1.54) is 17.4 Å². The molecule has 1 aliphatic rings. The van der Waals surface area contributed by atoms with Crippen molar-refractivity contribution in [1.29, 1.82) is 0 Å². The molecule has 2 amide bonds. The normalized spacial score (nSPS) is 13.6. The summed E-state index contributed by atoms with van der Waals surface area (Å²) in [5.41, 5.74) is 2.17. The summed E-state index contributed by atoms with van der Waals surface area (Å²) in [4.78, 5) is 37.1. The highest BCUT2D eigenvalue weighted by Gasteiger charge is 2.28. The highest BCUT2D eigenvalue weighted by Crippen LogP contribution is 2.41. The Labute approximate surface area is 174 Å². The van der Waals surface area contributed by atoms with Gasteiger partial charge in [0.2, 0.25) is 0 Å². The Kier molecular flexibility index (Phi) is 4.22. The van der Waals surface area contributed by atoms with Crippen LogP contribution in [0, 0.1) is 0 Å². The number of anilines is 1. The van der Waals surface area contributed by atoms with Crippen LogP contribution >= 0.6 is 22.7 Å². The zero-order valence-electron chi connectivity index (χ0n) is 15.2. The number of carbonyl (C=O) groups is 2. The van der Waals surface area contributed by atoms with E-state index in [9.17, 15) is 9.59 Å². The summed E-state index contributed by atoms with van der Waals surface area (Å²) in [5.74, 6) is 0.312. The zero-order chi connectivity index (χ0) is 20.0. The van der Waals surface area contributed by atoms with Gasteiger partial charge in [0.1, 0.15) is 16.3 Å². The number of nitrogens with one attached hydrogen (secondary N) is 1. The molecule has 0 radical (unpaired) electrons. The zero-order valence-corrected chi connectivity index (χ0v) is 16.9. The predicted octanol–water partition coefficient (Wildman–Crippen LogP) is 4.06. The summed E-state index contributed by atoms with van der Waals surface area (Å²) in [5, 5.41) is 7.25. The van der Waals surface area contributed by atoms with Crippen LogP contribution in [0.3, 0.4) is 0 Å². The van der Waals surface area contributed by atoms with Crippen LogP contribution in [0.2, 0.25) is 0 Å². The van der Waals surface area contributed by atoms with Crippen LogP contribution in [0.25, 0.3) is 32.0 Å². The number of aromatic nitrogens is 2. The molecule has 1 aromatic carbocycles. The Balaban J connectivity index is 1.76. The lowest BCUT2D eigenvalue weighted by Gasteiger charge is -2.20. The number of thiophene rings is 2. The molecule has 4 aromatic rings. The van der Waals surface area contributed by atoms with Crippen molar-refractivity contribution in [2.24, 2.45) is 0 Å². The molecule has 5 rings (SSSR count). The second-order valence-corrected chi connectivity index (χ2v) is 8.26. The fourth-order valence-electron chi connectivity index (χ4n) is 3.26. The van der Waals surface area contributed by atoms with E-state index >= 15 is 0 Å². The number of imide groups is 1. The summed E-state index contributed by atoms with van der Waals surface area (Å²) in [6, 6.07) is 13.7. The van der Waals surface area contributed by atoms with Crippen molar-refractivity contribution in [3.05, 3.63) is 65.0 Å². The third kappa shape index (κ3) is 3.02. The van der Waals surface area contributed by atoms with Crippen LogP contribution in [0.5, 0.6) is 0 Å². The van der Waals surface area contributed by atoms with Gasteiger partial charge in [-0.1, -0.05) is 36.4 Å². The first-order valence-electron chi connectivity index (χ1n) is 8.81. The van der Waals surface area contributed by atoms with Gasteiger partial charge in [0.15, 0.2) is 5.82 Å². The van der Waals surface area contributed by atoms with Gasteiger partial charge in [-0.15, -0.1) is 22.7 Å². The summed E-state index contributed by atoms with van der Waals surface area (Å²) in [6.45, 7) is 0. The maximum Gasteiger partial charge on any atom is 0.274 e. The van der Waals surface area contributed by atoms with Crippen molar-refractivity contribution in [3.63, 3.8) is 0 Å². The van der Waals surface area contributed by atoms with Crippen LogP contribution in [0.15, 0.2) is 65.0 Å². The van der Waals surface area contributed by atoms with Gasteiger partial charge in [-0.3, -0.25) is 14.9 Å². The third-order valence-electron chi connectivity index (χ3n) is 4.65. The van der Waals surface area contributed by atoms with Crippen molar-refractivity contribution < 1.29 is 9.59 Å². The van der Waals surface area contributed by atoms with Crippen LogP contribution < -0.4 is 10.2 Å². The van der Waals surface area contributed by atoms with Crippen molar-refractivity contribution in [2.75, 3.05) is 11.9 Å². The van der Waals surface area contributed by atoms with E-state index in [-0.39, 0.29) is 5.70 Å². The highest BCUT2D eigenvalue weighted by molar-refractivity contribution is 7.18. The van der Waals surface area contributed by atoms with E-state index in [1.807, 2.05) is 47.8 Å². The Morgan fingerprint density at radius 1 is 1.00 bits per heavy atom. The minimum atomic E-state index is -0.432. The molecule has 142 valence electrons. The van der Waals surface area contributed by atoms with Gasteiger partial charge in [0.25, 0.3) is 11.8 Å². The highest BCUT2D eigenvalue weighted by atomic mass is 32.1. The van der Waals surface area contributed by atoms with Crippen molar-refractivity contribution >= 4 is 50.5 Å². The summed E-state index contributed by atoms with van der Waals surface area (Å²) in [7, 11) is 1.75. The number of hydrogen-bond donors (Lipinski definition) is 1. The number of fused-ring (bicyclic) bond motifs is 1. The molecule has 8 heteroatoms. The van der Waals surface area contributed by atoms with Gasteiger partial charge in [0.05, 0.1) is 5.39 Å². The molecule has 0 fully saturated rings. The largest absolute Gasteiger partial charge is 0.324 e. The monoisotopic (exact) mass is 418 g/mol. The topological polar surface area (TPSA) is 75.2 Å². The molecular formula is C21H14N4O2S2. The maximum atomic E-state index is 12.3. The molecule has 0 saturated heterocycles. The molecule has 0 unspecified atom stereocenters. The van der Waals surface area contributed by atoms with Gasteiger partial charge in [-0.2, -0.15) is 0 Å². The molecule has 29 heavy (non-hydrogen) atoms. The Hall–Kier alpha value is -3.36. The molecule has 6 nitrogen and oxygen atoms in total. The average Bonchev–Trinajstić information content (AvgIpc) is 3.46. The fourth-order valence-corrected chi connectivity index (χ4v) is 5.02. The number of hydrogen-bond acceptors (Lipinski definition) is 7. The standard InChI is InChI=1S/C21H14N4O2S2/c1-25(14-10-16(26)22-20(14)27)19-17-13(15-8-5-9-28-15)11-29-21(17)24-18(23-19)12-6-3-2-4-7-12/h2-11H,1H3,(H,22,26,27). The van der Waals surface area contributed by atoms with Crippen LogP contribution in [0.4, 0.5) is 5.82 Å². The lowest BCUT2D eigenvalue weighted by molar-refractivity contribution is -0.123. The average molecular weight is 419 g/mol. The summed E-state index contributed by atoms with van der Waals surface area (Å²) >= 11 is 3.17. The second kappa shape index (κ2) is 6.91. The molecule has 0 spiro atoms. The molecule has 0 bridgehead atoms. The molecule has 0 aliphatic carbocycles. The third-order valence-corrected chi connectivity index (χ3v) is 6.42. The first kappa shape index (κ1) is 17.7. The molecule has 4 heterocycles. The minimum Gasteiger partial charge on any atom is -0.324 e. The first-order chi connectivity index (χ1) is 14.1.